The van der Waals surface area contributed by atoms with Crippen LogP contribution >= 0.6 is 7.82 Å². The van der Waals surface area contributed by atoms with Crippen LogP contribution in [-0.2, 0) is 32.7 Å². The Labute approximate surface area is 571 Å². The van der Waals surface area contributed by atoms with Gasteiger partial charge in [0.15, 0.2) is 6.10 Å². The number of ether oxygens (including phenoxy) is 2. The Hall–Kier alpha value is -2.81. The predicted molar refractivity (Wildman–Crippen MR) is 399 cm³/mol. The minimum Gasteiger partial charge on any atom is -0.462 e. The van der Waals surface area contributed by atoms with Gasteiger partial charge in [-0.05, 0) is 70.6 Å². The van der Waals surface area contributed by atoms with E-state index in [0.717, 1.165) is 77.0 Å². The first kappa shape index (κ1) is 89.2. The lowest BCUT2D eigenvalue weighted by atomic mass is 10.0. The molecule has 0 aliphatic heterocycles. The molecule has 1 N–H and O–H groups in total. The van der Waals surface area contributed by atoms with E-state index in [4.69, 9.17) is 18.5 Å². The molecule has 0 aliphatic rings. The maximum absolute atomic E-state index is 12.9. The van der Waals surface area contributed by atoms with Crippen LogP contribution in [0.5, 0.6) is 0 Å². The molecule has 0 amide bonds. The smallest absolute Gasteiger partial charge is 0.462 e. The number of esters is 2. The van der Waals surface area contributed by atoms with Crippen LogP contribution in [0.15, 0.2) is 85.1 Å². The van der Waals surface area contributed by atoms with E-state index in [0.29, 0.717) is 23.9 Å². The first-order chi connectivity index (χ1) is 45.0. The van der Waals surface area contributed by atoms with Gasteiger partial charge in [-0.1, -0.05) is 375 Å². The minimum absolute atomic E-state index is 0.0325. The molecule has 0 bridgehead atoms. The highest BCUT2D eigenvalue weighted by Crippen LogP contribution is 2.43. The average Bonchev–Trinajstić information content (AvgIpc) is 2.14. The van der Waals surface area contributed by atoms with E-state index in [-0.39, 0.29) is 25.6 Å². The van der Waals surface area contributed by atoms with E-state index >= 15 is 0 Å². The summed E-state index contributed by atoms with van der Waals surface area (Å²) in [5.74, 6) is -0.778. The summed E-state index contributed by atoms with van der Waals surface area (Å²) in [5.41, 5.74) is 0. The zero-order chi connectivity index (χ0) is 66.9. The van der Waals surface area contributed by atoms with Crippen LogP contribution in [0.2, 0.25) is 0 Å². The van der Waals surface area contributed by atoms with Gasteiger partial charge in [0, 0.05) is 12.8 Å². The van der Waals surface area contributed by atoms with Crippen LogP contribution in [0, 0.1) is 0 Å². The Balaban J connectivity index is 3.95. The van der Waals surface area contributed by atoms with E-state index < -0.39 is 26.5 Å². The van der Waals surface area contributed by atoms with Crippen molar-refractivity contribution in [2.24, 2.45) is 0 Å². The average molecular weight is 1310 g/mol. The lowest BCUT2D eigenvalue weighted by Crippen LogP contribution is -2.37. The van der Waals surface area contributed by atoms with Gasteiger partial charge in [0.2, 0.25) is 0 Å². The third-order valence-electron chi connectivity index (χ3n) is 17.4. The molecular weight excluding hydrogens is 1160 g/mol. The fraction of sp³-hybridized carbons (Fsp3) is 0.805. The molecule has 2 atom stereocenters. The van der Waals surface area contributed by atoms with Crippen LogP contribution in [0.25, 0.3) is 0 Å². The summed E-state index contributed by atoms with van der Waals surface area (Å²) in [6.07, 6.45) is 100. The molecule has 9 nitrogen and oxygen atoms in total. The second kappa shape index (κ2) is 72.5. The summed E-state index contributed by atoms with van der Waals surface area (Å²) in [5, 5.41) is 0. The molecule has 0 aromatic carbocycles. The number of phosphoric acid groups is 1. The van der Waals surface area contributed by atoms with E-state index in [1.54, 1.807) is 0 Å². The summed E-state index contributed by atoms with van der Waals surface area (Å²) < 4.78 is 34.8. The van der Waals surface area contributed by atoms with Gasteiger partial charge in [0.1, 0.15) is 19.8 Å². The van der Waals surface area contributed by atoms with Crippen LogP contribution in [0.1, 0.15) is 373 Å². The van der Waals surface area contributed by atoms with Crippen molar-refractivity contribution in [3.8, 4) is 0 Å². The highest BCUT2D eigenvalue weighted by molar-refractivity contribution is 7.47. The maximum Gasteiger partial charge on any atom is 0.472 e. The molecule has 536 valence electrons. The molecule has 92 heavy (non-hydrogen) atoms. The van der Waals surface area contributed by atoms with Crippen molar-refractivity contribution >= 4 is 19.8 Å². The molecule has 0 aromatic heterocycles. The third-order valence-corrected chi connectivity index (χ3v) is 18.4. The number of allylic oxidation sites excluding steroid dienone is 14. The fourth-order valence-electron chi connectivity index (χ4n) is 11.5. The molecule has 0 heterocycles. The van der Waals surface area contributed by atoms with E-state index in [1.165, 1.54) is 263 Å². The number of hydrogen-bond donors (Lipinski definition) is 1. The zero-order valence-electron chi connectivity index (χ0n) is 61.3. The van der Waals surface area contributed by atoms with Crippen molar-refractivity contribution in [3.63, 3.8) is 0 Å². The van der Waals surface area contributed by atoms with Crippen LogP contribution < -0.4 is 0 Å². The highest BCUT2D eigenvalue weighted by Gasteiger charge is 2.27. The molecule has 10 heteroatoms. The summed E-state index contributed by atoms with van der Waals surface area (Å²) in [4.78, 5) is 36.0. The quantitative estimate of drug-likeness (QED) is 0.0211. The largest absolute Gasteiger partial charge is 0.472 e. The number of quaternary nitrogens is 1. The molecule has 0 aliphatic carbocycles. The number of phosphoric ester groups is 1. The van der Waals surface area contributed by atoms with Gasteiger partial charge >= 0.3 is 19.8 Å². The summed E-state index contributed by atoms with van der Waals surface area (Å²) >= 11 is 0. The van der Waals surface area contributed by atoms with Crippen molar-refractivity contribution in [3.05, 3.63) is 85.1 Å². The topological polar surface area (TPSA) is 108 Å². The molecule has 0 saturated heterocycles. The molecule has 0 radical (unpaired) electrons. The number of rotatable bonds is 73. The first-order valence-electron chi connectivity index (χ1n) is 39.3. The van der Waals surface area contributed by atoms with Gasteiger partial charge in [0.25, 0.3) is 0 Å². The van der Waals surface area contributed by atoms with E-state index in [2.05, 4.69) is 98.9 Å². The van der Waals surface area contributed by atoms with Crippen molar-refractivity contribution < 1.29 is 42.1 Å². The fourth-order valence-corrected chi connectivity index (χ4v) is 12.2. The van der Waals surface area contributed by atoms with Crippen molar-refractivity contribution in [1.82, 2.24) is 0 Å². The second-order valence-corrected chi connectivity index (χ2v) is 29.2. The first-order valence-corrected chi connectivity index (χ1v) is 40.8. The van der Waals surface area contributed by atoms with Crippen LogP contribution in [0.3, 0.4) is 0 Å². The van der Waals surface area contributed by atoms with Gasteiger partial charge in [-0.3, -0.25) is 18.6 Å². The van der Waals surface area contributed by atoms with Crippen LogP contribution in [0.4, 0.5) is 0 Å². The third kappa shape index (κ3) is 76.2. The maximum atomic E-state index is 12.9. The second-order valence-electron chi connectivity index (χ2n) is 27.7. The van der Waals surface area contributed by atoms with Crippen LogP contribution in [-0.4, -0.2) is 74.9 Å². The standard InChI is InChI=1S/C82H150NO8P/c1-6-8-10-12-14-16-18-20-22-24-26-28-30-32-34-36-37-38-39-40-41-42-43-44-45-47-49-51-53-55-57-59-61-63-65-67-69-71-73-75-82(85)91-80(79-90-92(86,87)89-77-76-83(3,4)5)78-88-81(84)74-72-70-68-66-64-62-60-58-56-54-52-50-48-46-35-33-31-29-27-25-23-21-19-17-15-13-11-9-7-2/h8,10,14,16,20,22,26,28,32,34,37-38,40-41,80H,6-7,9,11-13,15,17-19,21,23-25,27,29-31,33,35-36,39,42-79H2,1-5H3/p+1/b10-8-,16-14-,22-20-,28-26-,34-32-,38-37-,41-40-. The number of carbonyl (C=O) groups excluding carboxylic acids is 2. The highest BCUT2D eigenvalue weighted by atomic mass is 31.2. The number of hydrogen-bond acceptors (Lipinski definition) is 7. The lowest BCUT2D eigenvalue weighted by Gasteiger charge is -2.24. The monoisotopic (exact) mass is 1310 g/mol. The molecule has 0 saturated carbocycles. The minimum atomic E-state index is -4.40. The van der Waals surface area contributed by atoms with Crippen molar-refractivity contribution in [1.29, 1.82) is 0 Å². The molecule has 0 spiro atoms. The van der Waals surface area contributed by atoms with E-state index in [9.17, 15) is 19.0 Å². The molecule has 0 rings (SSSR count). The summed E-state index contributed by atoms with van der Waals surface area (Å²) in [7, 11) is 1.49. The van der Waals surface area contributed by atoms with Gasteiger partial charge in [-0.2, -0.15) is 0 Å². The SMILES string of the molecule is CC/C=C\C/C=C\C/C=C\C/C=C\C/C=C\C/C=C\C/C=C\CCCCCCCCCCCCCCCCCCCC(=O)OC(COC(=O)CCCCCCCCCCCCCCCCCCCCCCCCCCCCCCC)COP(=O)(O)OCC[N+](C)(C)C. The number of unbranched alkanes of at least 4 members (excludes halogenated alkanes) is 45. The van der Waals surface area contributed by atoms with Crippen molar-refractivity contribution in [2.75, 3.05) is 47.5 Å². The van der Waals surface area contributed by atoms with Gasteiger partial charge in [0.05, 0.1) is 27.7 Å². The molecule has 2 unspecified atom stereocenters. The Morgan fingerprint density at radius 2 is 0.620 bits per heavy atom. The molecular formula is C82H151NO8P+. The number of carbonyl (C=O) groups is 2. The van der Waals surface area contributed by atoms with Gasteiger partial charge in [-0.25, -0.2) is 4.57 Å². The van der Waals surface area contributed by atoms with Crippen molar-refractivity contribution in [2.45, 2.75) is 380 Å². The summed E-state index contributed by atoms with van der Waals surface area (Å²) in [6.45, 7) is 4.38. The number of likely N-dealkylation sites (N-methyl/N-ethyl adjacent to an activating group) is 1. The van der Waals surface area contributed by atoms with Gasteiger partial charge in [-0.15, -0.1) is 0 Å². The summed E-state index contributed by atoms with van der Waals surface area (Å²) in [6, 6.07) is 0. The normalized spacial score (nSPS) is 13.5. The Morgan fingerprint density at radius 3 is 0.924 bits per heavy atom. The predicted octanol–water partition coefficient (Wildman–Crippen LogP) is 26.1. The van der Waals surface area contributed by atoms with E-state index in [1.807, 2.05) is 21.1 Å². The zero-order valence-corrected chi connectivity index (χ0v) is 62.2. The Kier molecular flexibility index (Phi) is 70.2. The van der Waals surface area contributed by atoms with Gasteiger partial charge < -0.3 is 18.9 Å². The number of nitrogens with zero attached hydrogens (tertiary/aromatic N) is 1. The molecule has 0 aromatic rings. The lowest BCUT2D eigenvalue weighted by molar-refractivity contribution is -0.870. The Bertz CT molecular complexity index is 1830. The Morgan fingerprint density at radius 1 is 0.348 bits per heavy atom. The molecule has 0 fully saturated rings.